The number of rotatable bonds is 4. The van der Waals surface area contributed by atoms with Crippen molar-refractivity contribution in [3.63, 3.8) is 0 Å². The van der Waals surface area contributed by atoms with Crippen LogP contribution in [0.3, 0.4) is 0 Å². The molecular formula is C15H19N3. The minimum Gasteiger partial charge on any atom is -0.330 e. The lowest BCUT2D eigenvalue weighted by Gasteiger charge is -2.11. The largest absolute Gasteiger partial charge is 0.330 e. The van der Waals surface area contributed by atoms with E-state index in [4.69, 9.17) is 5.73 Å². The average molecular weight is 241 g/mol. The van der Waals surface area contributed by atoms with Crippen molar-refractivity contribution in [3.8, 4) is 11.3 Å². The molecule has 0 saturated carbocycles. The lowest BCUT2D eigenvalue weighted by Crippen LogP contribution is -2.14. The van der Waals surface area contributed by atoms with Gasteiger partial charge in [0.1, 0.15) is 5.82 Å². The molecular weight excluding hydrogens is 222 g/mol. The first-order chi connectivity index (χ1) is 8.74. The van der Waals surface area contributed by atoms with Crippen molar-refractivity contribution < 1.29 is 0 Å². The molecule has 2 rings (SSSR count). The molecule has 2 aromatic rings. The second kappa shape index (κ2) is 5.74. The molecule has 1 aromatic carbocycles. The van der Waals surface area contributed by atoms with Crippen molar-refractivity contribution in [1.29, 1.82) is 0 Å². The maximum absolute atomic E-state index is 5.75. The summed E-state index contributed by atoms with van der Waals surface area (Å²) in [6.07, 6.45) is 2.78. The average Bonchev–Trinajstić information content (AvgIpc) is 2.41. The van der Waals surface area contributed by atoms with Gasteiger partial charge < -0.3 is 5.73 Å². The molecule has 18 heavy (non-hydrogen) atoms. The number of hydrogen-bond acceptors (Lipinski definition) is 3. The second-order valence-electron chi connectivity index (χ2n) is 4.51. The van der Waals surface area contributed by atoms with Gasteiger partial charge in [-0.1, -0.05) is 30.7 Å². The highest BCUT2D eigenvalue weighted by Crippen LogP contribution is 2.20. The second-order valence-corrected chi connectivity index (χ2v) is 4.51. The van der Waals surface area contributed by atoms with Crippen molar-refractivity contribution >= 4 is 0 Å². The summed E-state index contributed by atoms with van der Waals surface area (Å²) >= 11 is 0. The minimum atomic E-state index is 0.245. The minimum absolute atomic E-state index is 0.245. The summed E-state index contributed by atoms with van der Waals surface area (Å²) in [7, 11) is 0. The van der Waals surface area contributed by atoms with Gasteiger partial charge in [0.2, 0.25) is 0 Å². The molecule has 94 valence electrons. The maximum atomic E-state index is 5.75. The van der Waals surface area contributed by atoms with E-state index >= 15 is 0 Å². The van der Waals surface area contributed by atoms with Crippen LogP contribution in [0, 0.1) is 6.92 Å². The predicted molar refractivity (Wildman–Crippen MR) is 74.3 cm³/mol. The van der Waals surface area contributed by atoms with E-state index in [0.29, 0.717) is 6.54 Å². The van der Waals surface area contributed by atoms with Crippen LogP contribution in [0.4, 0.5) is 0 Å². The highest BCUT2D eigenvalue weighted by molar-refractivity contribution is 5.59. The first-order valence-corrected chi connectivity index (χ1v) is 6.34. The van der Waals surface area contributed by atoms with Crippen LogP contribution < -0.4 is 5.73 Å². The Balaban J connectivity index is 2.38. The zero-order valence-corrected chi connectivity index (χ0v) is 10.9. The lowest BCUT2D eigenvalue weighted by atomic mass is 10.1. The van der Waals surface area contributed by atoms with Gasteiger partial charge in [-0.15, -0.1) is 0 Å². The van der Waals surface area contributed by atoms with Gasteiger partial charge in [0.05, 0.1) is 5.69 Å². The van der Waals surface area contributed by atoms with Gasteiger partial charge in [-0.3, -0.25) is 0 Å². The number of aryl methyl sites for hydroxylation is 1. The van der Waals surface area contributed by atoms with Crippen LogP contribution >= 0.6 is 0 Å². The van der Waals surface area contributed by atoms with Gasteiger partial charge in [-0.05, 0) is 25.5 Å². The molecule has 1 aromatic heterocycles. The summed E-state index contributed by atoms with van der Waals surface area (Å²) in [5.74, 6) is 1.09. The SMILES string of the molecule is CCC(CN)c1nccc(-c2cccc(C)c2)n1. The summed E-state index contributed by atoms with van der Waals surface area (Å²) in [5, 5.41) is 0. The Kier molecular flexibility index (Phi) is 4.05. The Bertz CT molecular complexity index is 519. The van der Waals surface area contributed by atoms with E-state index < -0.39 is 0 Å². The van der Waals surface area contributed by atoms with Crippen molar-refractivity contribution in [3.05, 3.63) is 47.9 Å². The number of benzene rings is 1. The molecule has 0 aliphatic carbocycles. The molecule has 3 heteroatoms. The van der Waals surface area contributed by atoms with E-state index in [9.17, 15) is 0 Å². The van der Waals surface area contributed by atoms with Crippen LogP contribution in [0.5, 0.6) is 0 Å². The van der Waals surface area contributed by atoms with Crippen molar-refractivity contribution in [2.75, 3.05) is 6.54 Å². The molecule has 1 atom stereocenters. The summed E-state index contributed by atoms with van der Waals surface area (Å²) in [4.78, 5) is 8.97. The van der Waals surface area contributed by atoms with E-state index in [0.717, 1.165) is 23.5 Å². The fraction of sp³-hybridized carbons (Fsp3) is 0.333. The van der Waals surface area contributed by atoms with Crippen LogP contribution in [0.1, 0.15) is 30.7 Å². The molecule has 0 fully saturated rings. The van der Waals surface area contributed by atoms with Gasteiger partial charge >= 0.3 is 0 Å². The molecule has 0 bridgehead atoms. The van der Waals surface area contributed by atoms with E-state index in [-0.39, 0.29) is 5.92 Å². The van der Waals surface area contributed by atoms with Crippen LogP contribution in [-0.4, -0.2) is 16.5 Å². The Hall–Kier alpha value is -1.74. The monoisotopic (exact) mass is 241 g/mol. The quantitative estimate of drug-likeness (QED) is 0.895. The molecule has 0 aliphatic heterocycles. The molecule has 2 N–H and O–H groups in total. The molecule has 3 nitrogen and oxygen atoms in total. The molecule has 0 aliphatic rings. The number of hydrogen-bond donors (Lipinski definition) is 1. The van der Waals surface area contributed by atoms with Gasteiger partial charge in [-0.2, -0.15) is 0 Å². The molecule has 1 unspecified atom stereocenters. The first-order valence-electron chi connectivity index (χ1n) is 6.34. The van der Waals surface area contributed by atoms with Crippen molar-refractivity contribution in [2.24, 2.45) is 5.73 Å². The normalized spacial score (nSPS) is 12.4. The molecule has 0 radical (unpaired) electrons. The predicted octanol–water partition coefficient (Wildman–Crippen LogP) is 2.90. The maximum Gasteiger partial charge on any atom is 0.133 e. The van der Waals surface area contributed by atoms with Crippen LogP contribution in [0.25, 0.3) is 11.3 Å². The number of aromatic nitrogens is 2. The van der Waals surface area contributed by atoms with Crippen molar-refractivity contribution in [1.82, 2.24) is 9.97 Å². The molecule has 0 spiro atoms. The van der Waals surface area contributed by atoms with E-state index in [1.54, 1.807) is 0 Å². The van der Waals surface area contributed by atoms with Gasteiger partial charge in [0.15, 0.2) is 0 Å². The van der Waals surface area contributed by atoms with E-state index in [2.05, 4.69) is 42.0 Å². The summed E-state index contributed by atoms with van der Waals surface area (Å²) in [6, 6.07) is 10.3. The van der Waals surface area contributed by atoms with E-state index in [1.165, 1.54) is 5.56 Å². The Morgan fingerprint density at radius 3 is 2.78 bits per heavy atom. The zero-order valence-electron chi connectivity index (χ0n) is 10.9. The zero-order chi connectivity index (χ0) is 13.0. The summed E-state index contributed by atoms with van der Waals surface area (Å²) < 4.78 is 0. The first kappa shape index (κ1) is 12.7. The molecule has 1 heterocycles. The number of nitrogens with zero attached hydrogens (tertiary/aromatic N) is 2. The van der Waals surface area contributed by atoms with Gasteiger partial charge in [-0.25, -0.2) is 9.97 Å². The van der Waals surface area contributed by atoms with Crippen LogP contribution in [0.2, 0.25) is 0 Å². The standard InChI is InChI=1S/C15H19N3/c1-3-12(10-16)15-17-8-7-14(18-15)13-6-4-5-11(2)9-13/h4-9,12H,3,10,16H2,1-2H3. The topological polar surface area (TPSA) is 51.8 Å². The third kappa shape index (κ3) is 2.74. The third-order valence-electron chi connectivity index (χ3n) is 3.13. The summed E-state index contributed by atoms with van der Waals surface area (Å²) in [6.45, 7) is 4.79. The smallest absolute Gasteiger partial charge is 0.133 e. The van der Waals surface area contributed by atoms with Crippen LogP contribution in [0.15, 0.2) is 36.5 Å². The Morgan fingerprint density at radius 1 is 1.28 bits per heavy atom. The van der Waals surface area contributed by atoms with Crippen LogP contribution in [-0.2, 0) is 0 Å². The fourth-order valence-corrected chi connectivity index (χ4v) is 1.99. The highest BCUT2D eigenvalue weighted by atomic mass is 14.9. The number of nitrogens with two attached hydrogens (primary N) is 1. The molecule has 0 amide bonds. The van der Waals surface area contributed by atoms with Gasteiger partial charge in [0.25, 0.3) is 0 Å². The summed E-state index contributed by atoms with van der Waals surface area (Å²) in [5.41, 5.74) is 9.08. The van der Waals surface area contributed by atoms with E-state index in [1.807, 2.05) is 18.3 Å². The fourth-order valence-electron chi connectivity index (χ4n) is 1.99. The Morgan fingerprint density at radius 2 is 2.11 bits per heavy atom. The lowest BCUT2D eigenvalue weighted by molar-refractivity contribution is 0.631. The molecule has 0 saturated heterocycles. The van der Waals surface area contributed by atoms with Gasteiger partial charge in [0, 0.05) is 24.2 Å². The third-order valence-corrected chi connectivity index (χ3v) is 3.13. The highest BCUT2D eigenvalue weighted by Gasteiger charge is 2.11. The van der Waals surface area contributed by atoms with Crippen molar-refractivity contribution in [2.45, 2.75) is 26.2 Å². The Labute approximate surface area is 108 Å².